The Labute approximate surface area is 136 Å². The van der Waals surface area contributed by atoms with Crippen LogP contribution in [0.15, 0.2) is 42.5 Å². The number of imidazole rings is 1. The molecule has 114 valence electrons. The van der Waals surface area contributed by atoms with Crippen molar-refractivity contribution in [3.8, 4) is 6.07 Å². The standard InChI is InChI=1S/C20H19N3/c1-13(2)16-7-5-15(6-8-16)11-17(12-21)20-22-18-9-4-14(3)10-19(18)23-20/h4-11,13H,1-3H3,(H,22,23). The Morgan fingerprint density at radius 3 is 2.57 bits per heavy atom. The highest BCUT2D eigenvalue weighted by atomic mass is 14.9. The van der Waals surface area contributed by atoms with E-state index < -0.39 is 0 Å². The summed E-state index contributed by atoms with van der Waals surface area (Å²) >= 11 is 0. The summed E-state index contributed by atoms with van der Waals surface area (Å²) in [4.78, 5) is 7.76. The molecule has 3 rings (SSSR count). The fourth-order valence-electron chi connectivity index (χ4n) is 2.55. The second-order valence-corrected chi connectivity index (χ2v) is 6.10. The van der Waals surface area contributed by atoms with Gasteiger partial charge in [-0.15, -0.1) is 0 Å². The van der Waals surface area contributed by atoms with Gasteiger partial charge in [0.2, 0.25) is 0 Å². The van der Waals surface area contributed by atoms with Gasteiger partial charge < -0.3 is 4.98 Å². The Morgan fingerprint density at radius 1 is 1.17 bits per heavy atom. The van der Waals surface area contributed by atoms with Crippen LogP contribution in [-0.2, 0) is 0 Å². The van der Waals surface area contributed by atoms with Crippen LogP contribution in [0.3, 0.4) is 0 Å². The molecule has 23 heavy (non-hydrogen) atoms. The predicted molar refractivity (Wildman–Crippen MR) is 94.8 cm³/mol. The normalized spacial score (nSPS) is 11.9. The number of aromatic amines is 1. The molecule has 0 aliphatic carbocycles. The first-order chi connectivity index (χ1) is 11.1. The van der Waals surface area contributed by atoms with Gasteiger partial charge in [-0.3, -0.25) is 0 Å². The summed E-state index contributed by atoms with van der Waals surface area (Å²) in [7, 11) is 0. The van der Waals surface area contributed by atoms with Gasteiger partial charge in [0.1, 0.15) is 11.9 Å². The molecular weight excluding hydrogens is 282 g/mol. The number of benzene rings is 2. The fraction of sp³-hybridized carbons (Fsp3) is 0.200. The van der Waals surface area contributed by atoms with Gasteiger partial charge >= 0.3 is 0 Å². The van der Waals surface area contributed by atoms with Crippen molar-refractivity contribution >= 4 is 22.7 Å². The molecule has 0 radical (unpaired) electrons. The molecule has 3 aromatic rings. The van der Waals surface area contributed by atoms with Crippen molar-refractivity contribution in [3.05, 3.63) is 65.0 Å². The van der Waals surface area contributed by atoms with E-state index in [4.69, 9.17) is 0 Å². The van der Waals surface area contributed by atoms with E-state index >= 15 is 0 Å². The van der Waals surface area contributed by atoms with Gasteiger partial charge in [-0.05, 0) is 47.7 Å². The van der Waals surface area contributed by atoms with Crippen LogP contribution in [0.4, 0.5) is 0 Å². The molecule has 0 bridgehead atoms. The maximum absolute atomic E-state index is 9.49. The number of rotatable bonds is 3. The van der Waals surface area contributed by atoms with Gasteiger partial charge in [0, 0.05) is 0 Å². The van der Waals surface area contributed by atoms with Crippen molar-refractivity contribution in [2.75, 3.05) is 0 Å². The number of aryl methyl sites for hydroxylation is 1. The molecule has 0 spiro atoms. The average Bonchev–Trinajstić information content (AvgIpc) is 2.95. The third-order valence-corrected chi connectivity index (χ3v) is 3.93. The van der Waals surface area contributed by atoms with Gasteiger partial charge in [0.15, 0.2) is 0 Å². The SMILES string of the molecule is Cc1ccc2nc(C(C#N)=Cc3ccc(C(C)C)cc3)[nH]c2c1. The van der Waals surface area contributed by atoms with Crippen molar-refractivity contribution in [3.63, 3.8) is 0 Å². The van der Waals surface area contributed by atoms with E-state index in [1.807, 2.05) is 43.3 Å². The number of hydrogen-bond acceptors (Lipinski definition) is 2. The quantitative estimate of drug-likeness (QED) is 0.687. The first-order valence-corrected chi connectivity index (χ1v) is 7.75. The summed E-state index contributed by atoms with van der Waals surface area (Å²) in [6.45, 7) is 6.38. The molecular formula is C20H19N3. The molecule has 0 saturated carbocycles. The largest absolute Gasteiger partial charge is 0.337 e. The number of nitrogens with one attached hydrogen (secondary N) is 1. The van der Waals surface area contributed by atoms with Crippen molar-refractivity contribution in [1.82, 2.24) is 9.97 Å². The van der Waals surface area contributed by atoms with Gasteiger partial charge in [-0.1, -0.05) is 44.2 Å². The monoisotopic (exact) mass is 301 g/mol. The summed E-state index contributed by atoms with van der Waals surface area (Å²) in [6, 6.07) is 16.6. The molecule has 3 heteroatoms. The van der Waals surface area contributed by atoms with Gasteiger partial charge in [-0.2, -0.15) is 5.26 Å². The third kappa shape index (κ3) is 3.17. The van der Waals surface area contributed by atoms with Crippen LogP contribution >= 0.6 is 0 Å². The lowest BCUT2D eigenvalue weighted by Crippen LogP contribution is -1.88. The van der Waals surface area contributed by atoms with Crippen LogP contribution in [0.25, 0.3) is 22.7 Å². The second kappa shape index (κ2) is 6.10. The third-order valence-electron chi connectivity index (χ3n) is 3.93. The van der Waals surface area contributed by atoms with E-state index in [0.717, 1.165) is 16.6 Å². The van der Waals surface area contributed by atoms with Gasteiger partial charge in [0.25, 0.3) is 0 Å². The number of aromatic nitrogens is 2. The lowest BCUT2D eigenvalue weighted by atomic mass is 10.0. The van der Waals surface area contributed by atoms with Crippen molar-refractivity contribution in [2.45, 2.75) is 26.7 Å². The van der Waals surface area contributed by atoms with Crippen LogP contribution in [0.1, 0.15) is 42.3 Å². The number of hydrogen-bond donors (Lipinski definition) is 1. The summed E-state index contributed by atoms with van der Waals surface area (Å²) in [6.07, 6.45) is 1.87. The highest BCUT2D eigenvalue weighted by molar-refractivity contribution is 5.90. The smallest absolute Gasteiger partial charge is 0.149 e. The highest BCUT2D eigenvalue weighted by Crippen LogP contribution is 2.21. The van der Waals surface area contributed by atoms with E-state index in [-0.39, 0.29) is 0 Å². The van der Waals surface area contributed by atoms with Gasteiger partial charge in [0.05, 0.1) is 16.6 Å². The molecule has 0 atom stereocenters. The van der Waals surface area contributed by atoms with Crippen molar-refractivity contribution in [1.29, 1.82) is 5.26 Å². The first kappa shape index (κ1) is 15.1. The van der Waals surface area contributed by atoms with Crippen LogP contribution in [0.2, 0.25) is 0 Å². The minimum absolute atomic E-state index is 0.502. The van der Waals surface area contributed by atoms with Crippen LogP contribution < -0.4 is 0 Å². The molecule has 0 aliphatic rings. The van der Waals surface area contributed by atoms with E-state index in [1.165, 1.54) is 11.1 Å². The van der Waals surface area contributed by atoms with Crippen molar-refractivity contribution in [2.24, 2.45) is 0 Å². The Hall–Kier alpha value is -2.86. The summed E-state index contributed by atoms with van der Waals surface area (Å²) in [5, 5.41) is 9.49. The number of H-pyrrole nitrogens is 1. The minimum atomic E-state index is 0.502. The van der Waals surface area contributed by atoms with Crippen LogP contribution in [0, 0.1) is 18.3 Å². The maximum atomic E-state index is 9.49. The zero-order valence-electron chi connectivity index (χ0n) is 13.6. The Balaban J connectivity index is 1.98. The minimum Gasteiger partial charge on any atom is -0.337 e. The Kier molecular flexibility index (Phi) is 3.99. The van der Waals surface area contributed by atoms with Crippen LogP contribution in [-0.4, -0.2) is 9.97 Å². The van der Waals surface area contributed by atoms with Crippen LogP contribution in [0.5, 0.6) is 0 Å². The summed E-state index contributed by atoms with van der Waals surface area (Å²) < 4.78 is 0. The Morgan fingerprint density at radius 2 is 1.91 bits per heavy atom. The topological polar surface area (TPSA) is 52.5 Å². The van der Waals surface area contributed by atoms with E-state index in [1.54, 1.807) is 0 Å². The molecule has 3 nitrogen and oxygen atoms in total. The Bertz CT molecular complexity index is 906. The second-order valence-electron chi connectivity index (χ2n) is 6.10. The van der Waals surface area contributed by atoms with E-state index in [9.17, 15) is 5.26 Å². The highest BCUT2D eigenvalue weighted by Gasteiger charge is 2.08. The molecule has 1 N–H and O–H groups in total. The number of fused-ring (bicyclic) bond motifs is 1. The lowest BCUT2D eigenvalue weighted by molar-refractivity contribution is 0.866. The molecule has 0 fully saturated rings. The molecule has 0 aliphatic heterocycles. The molecule has 1 heterocycles. The number of allylic oxidation sites excluding steroid dienone is 1. The number of nitrogens with zero attached hydrogens (tertiary/aromatic N) is 2. The lowest BCUT2D eigenvalue weighted by Gasteiger charge is -2.04. The molecule has 0 saturated heterocycles. The van der Waals surface area contributed by atoms with Crippen molar-refractivity contribution < 1.29 is 0 Å². The molecule has 1 aromatic heterocycles. The molecule has 0 unspecified atom stereocenters. The zero-order valence-corrected chi connectivity index (χ0v) is 13.6. The zero-order chi connectivity index (χ0) is 16.4. The maximum Gasteiger partial charge on any atom is 0.149 e. The van der Waals surface area contributed by atoms with E-state index in [2.05, 4.69) is 42.0 Å². The van der Waals surface area contributed by atoms with Gasteiger partial charge in [-0.25, -0.2) is 4.98 Å². The summed E-state index contributed by atoms with van der Waals surface area (Å²) in [5.41, 5.74) is 5.83. The van der Waals surface area contributed by atoms with E-state index in [0.29, 0.717) is 17.3 Å². The summed E-state index contributed by atoms with van der Waals surface area (Å²) in [5.74, 6) is 1.11. The predicted octanol–water partition coefficient (Wildman–Crippen LogP) is 5.06. The molecule has 0 amide bonds. The number of nitriles is 1. The molecule has 2 aromatic carbocycles. The first-order valence-electron chi connectivity index (χ1n) is 7.75. The fourth-order valence-corrected chi connectivity index (χ4v) is 2.55. The average molecular weight is 301 g/mol.